The largest absolute Gasteiger partial charge is 0.481 e. The number of hydrogen-bond donors (Lipinski definition) is 2. The van der Waals surface area contributed by atoms with E-state index in [2.05, 4.69) is 5.32 Å². The lowest BCUT2D eigenvalue weighted by Crippen LogP contribution is -2.29. The van der Waals surface area contributed by atoms with Crippen LogP contribution in [0, 0.1) is 11.8 Å². The Morgan fingerprint density at radius 1 is 1.50 bits per heavy atom. The van der Waals surface area contributed by atoms with E-state index in [9.17, 15) is 14.4 Å². The van der Waals surface area contributed by atoms with Crippen molar-refractivity contribution >= 4 is 17.7 Å². The second kappa shape index (κ2) is 4.44. The minimum Gasteiger partial charge on any atom is -0.481 e. The molecule has 6 heteroatoms. The molecule has 0 bridgehead atoms. The Morgan fingerprint density at radius 3 is 2.72 bits per heavy atom. The minimum absolute atomic E-state index is 0.151. The first-order chi connectivity index (χ1) is 8.43. The zero-order valence-electron chi connectivity index (χ0n) is 10.4. The number of amides is 1. The molecule has 98 valence electrons. The third kappa shape index (κ3) is 1.87. The second-order valence-electron chi connectivity index (χ2n) is 4.85. The summed E-state index contributed by atoms with van der Waals surface area (Å²) >= 11 is 0. The summed E-state index contributed by atoms with van der Waals surface area (Å²) in [5.41, 5.74) is 0.342. The van der Waals surface area contributed by atoms with Crippen LogP contribution in [0.3, 0.4) is 0 Å². The quantitative estimate of drug-likeness (QED) is 0.733. The van der Waals surface area contributed by atoms with Gasteiger partial charge in [-0.15, -0.1) is 0 Å². The molecule has 0 aromatic heterocycles. The van der Waals surface area contributed by atoms with Crippen LogP contribution in [0.5, 0.6) is 0 Å². The first-order valence-electron chi connectivity index (χ1n) is 5.99. The molecule has 6 nitrogen and oxygen atoms in total. The van der Waals surface area contributed by atoms with Crippen LogP contribution >= 0.6 is 0 Å². The standard InChI is InChI=1S/C12H16N2O4/c1-6(2)10(17)9-7(5-8(15)16)12(18)14-4-3-13-11(9)14/h6-7,13H,3-5H2,1-2H3,(H,15,16)/t7-/m1/s1. The van der Waals surface area contributed by atoms with Gasteiger partial charge in [-0.1, -0.05) is 13.8 Å². The van der Waals surface area contributed by atoms with E-state index >= 15 is 0 Å². The number of rotatable bonds is 4. The van der Waals surface area contributed by atoms with E-state index in [0.717, 1.165) is 0 Å². The van der Waals surface area contributed by atoms with Crippen molar-refractivity contribution in [1.29, 1.82) is 0 Å². The smallest absolute Gasteiger partial charge is 0.304 e. The molecule has 2 aliphatic rings. The molecule has 0 spiro atoms. The average Bonchev–Trinajstić information content (AvgIpc) is 2.82. The Labute approximate surface area is 105 Å². The van der Waals surface area contributed by atoms with Crippen LogP contribution < -0.4 is 5.32 Å². The van der Waals surface area contributed by atoms with Gasteiger partial charge in [0.2, 0.25) is 5.91 Å². The predicted octanol–water partition coefficient (Wildman–Crippen LogP) is -0.0406. The van der Waals surface area contributed by atoms with E-state index in [-0.39, 0.29) is 24.0 Å². The minimum atomic E-state index is -1.07. The maximum Gasteiger partial charge on any atom is 0.304 e. The molecule has 0 radical (unpaired) electrons. The normalized spacial score (nSPS) is 22.5. The fourth-order valence-corrected chi connectivity index (χ4v) is 2.39. The highest BCUT2D eigenvalue weighted by Gasteiger charge is 2.45. The monoisotopic (exact) mass is 252 g/mol. The van der Waals surface area contributed by atoms with Gasteiger partial charge in [0, 0.05) is 24.6 Å². The van der Waals surface area contributed by atoms with Crippen LogP contribution in [0.1, 0.15) is 20.3 Å². The molecule has 2 rings (SSSR count). The highest BCUT2D eigenvalue weighted by atomic mass is 16.4. The van der Waals surface area contributed by atoms with Crippen molar-refractivity contribution in [3.05, 3.63) is 11.4 Å². The van der Waals surface area contributed by atoms with E-state index in [0.29, 0.717) is 24.5 Å². The van der Waals surface area contributed by atoms with Gasteiger partial charge < -0.3 is 10.4 Å². The number of carbonyl (C=O) groups is 3. The van der Waals surface area contributed by atoms with Gasteiger partial charge in [0.05, 0.1) is 12.3 Å². The van der Waals surface area contributed by atoms with Gasteiger partial charge in [0.15, 0.2) is 5.78 Å². The lowest BCUT2D eigenvalue weighted by atomic mass is 9.89. The van der Waals surface area contributed by atoms with E-state index < -0.39 is 11.9 Å². The summed E-state index contributed by atoms with van der Waals surface area (Å²) in [4.78, 5) is 36.6. The van der Waals surface area contributed by atoms with Gasteiger partial charge >= 0.3 is 5.97 Å². The molecule has 1 atom stereocenters. The summed E-state index contributed by atoms with van der Waals surface area (Å²) in [6.07, 6.45) is -0.325. The highest BCUT2D eigenvalue weighted by molar-refractivity contribution is 6.07. The lowest BCUT2D eigenvalue weighted by Gasteiger charge is -2.13. The first-order valence-corrected chi connectivity index (χ1v) is 5.99. The first kappa shape index (κ1) is 12.6. The molecule has 1 saturated heterocycles. The lowest BCUT2D eigenvalue weighted by molar-refractivity contribution is -0.141. The summed E-state index contributed by atoms with van der Waals surface area (Å²) in [6.45, 7) is 4.60. The van der Waals surface area contributed by atoms with Gasteiger partial charge in [-0.05, 0) is 0 Å². The number of fused-ring (bicyclic) bond motifs is 1. The summed E-state index contributed by atoms with van der Waals surface area (Å²) in [6, 6.07) is 0. The number of ketones is 1. The molecule has 0 unspecified atom stereocenters. The molecular formula is C12H16N2O4. The molecule has 0 saturated carbocycles. The number of nitrogens with zero attached hydrogens (tertiary/aromatic N) is 1. The van der Waals surface area contributed by atoms with Gasteiger partial charge in [-0.25, -0.2) is 0 Å². The van der Waals surface area contributed by atoms with Crippen molar-refractivity contribution in [2.24, 2.45) is 11.8 Å². The summed E-state index contributed by atoms with van der Waals surface area (Å²) < 4.78 is 0. The maximum absolute atomic E-state index is 12.2. The van der Waals surface area contributed by atoms with E-state index in [4.69, 9.17) is 5.11 Å². The Kier molecular flexibility index (Phi) is 3.11. The number of carboxylic acids is 1. The number of aliphatic carboxylic acids is 1. The van der Waals surface area contributed by atoms with Gasteiger partial charge in [0.1, 0.15) is 5.82 Å². The van der Waals surface area contributed by atoms with Crippen molar-refractivity contribution in [1.82, 2.24) is 10.2 Å². The number of Topliss-reactive ketones (excluding diaryl/α,β-unsaturated/α-hetero) is 1. The molecule has 0 aromatic rings. The van der Waals surface area contributed by atoms with E-state index in [1.54, 1.807) is 13.8 Å². The Morgan fingerprint density at radius 2 is 2.17 bits per heavy atom. The number of nitrogens with one attached hydrogen (secondary N) is 1. The third-order valence-electron chi connectivity index (χ3n) is 3.23. The summed E-state index contributed by atoms with van der Waals surface area (Å²) in [5.74, 6) is -2.06. The molecular weight excluding hydrogens is 236 g/mol. The van der Waals surface area contributed by atoms with Crippen molar-refractivity contribution in [3.63, 3.8) is 0 Å². The Balaban J connectivity index is 2.40. The predicted molar refractivity (Wildman–Crippen MR) is 62.3 cm³/mol. The van der Waals surface area contributed by atoms with Crippen LogP contribution in [0.25, 0.3) is 0 Å². The van der Waals surface area contributed by atoms with Crippen molar-refractivity contribution in [3.8, 4) is 0 Å². The van der Waals surface area contributed by atoms with Crippen LogP contribution in [-0.4, -0.2) is 40.8 Å². The van der Waals surface area contributed by atoms with Crippen LogP contribution in [0.4, 0.5) is 0 Å². The van der Waals surface area contributed by atoms with E-state index in [1.165, 1.54) is 4.90 Å². The number of hydrogen-bond acceptors (Lipinski definition) is 4. The fourth-order valence-electron chi connectivity index (χ4n) is 2.39. The maximum atomic E-state index is 12.2. The van der Waals surface area contributed by atoms with Gasteiger partial charge in [-0.2, -0.15) is 0 Å². The number of carbonyl (C=O) groups excluding carboxylic acids is 2. The van der Waals surface area contributed by atoms with Crippen LogP contribution in [0.15, 0.2) is 11.4 Å². The molecule has 1 amide bonds. The Bertz CT molecular complexity index is 453. The molecule has 2 N–H and O–H groups in total. The van der Waals surface area contributed by atoms with Crippen LogP contribution in [-0.2, 0) is 14.4 Å². The zero-order valence-corrected chi connectivity index (χ0v) is 10.4. The fraction of sp³-hybridized carbons (Fsp3) is 0.583. The average molecular weight is 252 g/mol. The molecule has 0 aliphatic carbocycles. The molecule has 1 fully saturated rings. The second-order valence-corrected chi connectivity index (χ2v) is 4.85. The van der Waals surface area contributed by atoms with E-state index in [1.807, 2.05) is 0 Å². The zero-order chi connectivity index (χ0) is 13.4. The Hall–Kier alpha value is -1.85. The molecule has 0 aromatic carbocycles. The summed E-state index contributed by atoms with van der Waals surface area (Å²) in [5, 5.41) is 11.9. The molecule has 18 heavy (non-hydrogen) atoms. The summed E-state index contributed by atoms with van der Waals surface area (Å²) in [7, 11) is 0. The third-order valence-corrected chi connectivity index (χ3v) is 3.23. The topological polar surface area (TPSA) is 86.7 Å². The van der Waals surface area contributed by atoms with Gasteiger partial charge in [0.25, 0.3) is 0 Å². The van der Waals surface area contributed by atoms with Crippen LogP contribution in [0.2, 0.25) is 0 Å². The van der Waals surface area contributed by atoms with Crippen molar-refractivity contribution < 1.29 is 19.5 Å². The SMILES string of the molecule is CC(C)C(=O)C1=C2NCCN2C(=O)[C@@H]1CC(=O)O. The van der Waals surface area contributed by atoms with Gasteiger partial charge in [-0.3, -0.25) is 19.3 Å². The van der Waals surface area contributed by atoms with Crippen molar-refractivity contribution in [2.75, 3.05) is 13.1 Å². The molecule has 2 aliphatic heterocycles. The van der Waals surface area contributed by atoms with Crippen molar-refractivity contribution in [2.45, 2.75) is 20.3 Å². The molecule has 2 heterocycles. The number of carboxylic acid groups (broad SMARTS) is 1. The highest BCUT2D eigenvalue weighted by Crippen LogP contribution is 2.34.